The lowest BCUT2D eigenvalue weighted by molar-refractivity contribution is -0.384. The number of Topliss-reactive ketones (excluding diaryl/α,β-unsaturated/α-hetero) is 1. The number of hydrogen-bond donors (Lipinski definition) is 1. The van der Waals surface area contributed by atoms with E-state index in [4.69, 9.17) is 9.47 Å². The molecule has 0 atom stereocenters. The smallest absolute Gasteiger partial charge is 0.433 e. The number of ether oxygens (including phenoxy) is 2. The van der Waals surface area contributed by atoms with Gasteiger partial charge in [-0.2, -0.15) is 5.01 Å². The third kappa shape index (κ3) is 5.18. The Hall–Kier alpha value is -3.47. The molecule has 11 heteroatoms. The van der Waals surface area contributed by atoms with Crippen LogP contribution in [0.4, 0.5) is 10.5 Å². The van der Waals surface area contributed by atoms with Gasteiger partial charge in [0.1, 0.15) is 5.70 Å². The molecule has 1 heterocycles. The highest BCUT2D eigenvalue weighted by Crippen LogP contribution is 2.28. The van der Waals surface area contributed by atoms with Gasteiger partial charge in [0.05, 0.1) is 30.4 Å². The van der Waals surface area contributed by atoms with Gasteiger partial charge in [0.25, 0.3) is 11.6 Å². The first-order valence-corrected chi connectivity index (χ1v) is 10.0. The largest absolute Gasteiger partial charge is 0.448 e. The molecule has 2 aliphatic rings. The molecule has 0 radical (unpaired) electrons. The van der Waals surface area contributed by atoms with E-state index in [0.29, 0.717) is 57.0 Å². The number of amides is 2. The van der Waals surface area contributed by atoms with Crippen molar-refractivity contribution in [2.45, 2.75) is 26.2 Å². The van der Waals surface area contributed by atoms with E-state index in [2.05, 4.69) is 5.43 Å². The third-order valence-electron chi connectivity index (χ3n) is 4.96. The maximum atomic E-state index is 12.8. The topological polar surface area (TPSA) is 131 Å². The predicted molar refractivity (Wildman–Crippen MR) is 108 cm³/mol. The maximum Gasteiger partial charge on any atom is 0.433 e. The highest BCUT2D eigenvalue weighted by atomic mass is 16.6. The Bertz CT molecular complexity index is 891. The fourth-order valence-electron chi connectivity index (χ4n) is 3.49. The van der Waals surface area contributed by atoms with Crippen molar-refractivity contribution in [1.29, 1.82) is 0 Å². The Balaban J connectivity index is 1.93. The molecule has 1 fully saturated rings. The number of hydrazine groups is 1. The molecule has 1 aliphatic carbocycles. The van der Waals surface area contributed by atoms with Gasteiger partial charge >= 0.3 is 6.09 Å². The van der Waals surface area contributed by atoms with E-state index in [0.717, 1.165) is 5.01 Å². The van der Waals surface area contributed by atoms with E-state index >= 15 is 0 Å². The normalized spacial score (nSPS) is 16.7. The number of nitro groups is 1. The number of benzene rings is 1. The monoisotopic (exact) mass is 432 g/mol. The summed E-state index contributed by atoms with van der Waals surface area (Å²) in [5.74, 6) is -0.767. The minimum atomic E-state index is -0.812. The van der Waals surface area contributed by atoms with Gasteiger partial charge in [-0.3, -0.25) is 25.1 Å². The molecule has 1 N–H and O–H groups in total. The van der Waals surface area contributed by atoms with Crippen molar-refractivity contribution >= 4 is 23.5 Å². The zero-order valence-electron chi connectivity index (χ0n) is 17.2. The van der Waals surface area contributed by atoms with Gasteiger partial charge in [0, 0.05) is 37.2 Å². The van der Waals surface area contributed by atoms with Crippen LogP contribution in [0.15, 0.2) is 35.7 Å². The number of ketones is 1. The molecule has 1 aliphatic heterocycles. The van der Waals surface area contributed by atoms with Crippen molar-refractivity contribution < 1.29 is 28.8 Å². The van der Waals surface area contributed by atoms with Crippen LogP contribution >= 0.6 is 0 Å². The number of allylic oxidation sites excluding steroid dienone is 2. The molecule has 1 aromatic rings. The molecule has 0 unspecified atom stereocenters. The third-order valence-corrected chi connectivity index (χ3v) is 4.96. The maximum absolute atomic E-state index is 12.8. The summed E-state index contributed by atoms with van der Waals surface area (Å²) in [6.07, 6.45) is 0.472. The molecule has 0 spiro atoms. The molecule has 0 saturated carbocycles. The van der Waals surface area contributed by atoms with Crippen LogP contribution in [0.5, 0.6) is 0 Å². The van der Waals surface area contributed by atoms with Gasteiger partial charge < -0.3 is 14.4 Å². The quantitative estimate of drug-likeness (QED) is 0.552. The van der Waals surface area contributed by atoms with Crippen molar-refractivity contribution in [3.05, 3.63) is 51.3 Å². The van der Waals surface area contributed by atoms with Crippen molar-refractivity contribution in [3.63, 3.8) is 0 Å². The number of non-ortho nitro benzene ring substituents is 1. The van der Waals surface area contributed by atoms with E-state index < -0.39 is 16.9 Å². The van der Waals surface area contributed by atoms with E-state index in [1.54, 1.807) is 6.92 Å². The Morgan fingerprint density at radius 1 is 1.23 bits per heavy atom. The Morgan fingerprint density at radius 2 is 1.90 bits per heavy atom. The molecule has 166 valence electrons. The number of nitro benzene ring substituents is 1. The molecule has 1 saturated heterocycles. The van der Waals surface area contributed by atoms with Gasteiger partial charge in [0.15, 0.2) is 5.78 Å². The average molecular weight is 432 g/mol. The van der Waals surface area contributed by atoms with Crippen LogP contribution < -0.4 is 5.43 Å². The Morgan fingerprint density at radius 3 is 2.52 bits per heavy atom. The Kier molecular flexibility index (Phi) is 7.19. The van der Waals surface area contributed by atoms with Gasteiger partial charge in [-0.15, -0.1) is 0 Å². The second kappa shape index (κ2) is 10.0. The van der Waals surface area contributed by atoms with Gasteiger partial charge in [-0.05, 0) is 31.9 Å². The van der Waals surface area contributed by atoms with Gasteiger partial charge in [-0.1, -0.05) is 0 Å². The highest BCUT2D eigenvalue weighted by molar-refractivity contribution is 5.98. The number of hydrogen-bond acceptors (Lipinski definition) is 8. The van der Waals surface area contributed by atoms with E-state index in [1.807, 2.05) is 4.90 Å². The van der Waals surface area contributed by atoms with Gasteiger partial charge in [-0.25, -0.2) is 4.79 Å². The van der Waals surface area contributed by atoms with Gasteiger partial charge in [0.2, 0.25) is 0 Å². The molecule has 3 rings (SSSR count). The predicted octanol–water partition coefficient (Wildman–Crippen LogP) is 1.99. The molecular weight excluding hydrogens is 408 g/mol. The summed E-state index contributed by atoms with van der Waals surface area (Å²) in [5, 5.41) is 11.8. The molecule has 0 aromatic heterocycles. The van der Waals surface area contributed by atoms with Crippen LogP contribution in [-0.4, -0.2) is 65.5 Å². The number of carbonyl (C=O) groups is 3. The van der Waals surface area contributed by atoms with Crippen LogP contribution in [0.2, 0.25) is 0 Å². The average Bonchev–Trinajstić information content (AvgIpc) is 2.78. The number of nitrogens with zero attached hydrogens (tertiary/aromatic N) is 3. The summed E-state index contributed by atoms with van der Waals surface area (Å²) in [6.45, 7) is 3.63. The second-order valence-electron chi connectivity index (χ2n) is 6.95. The summed E-state index contributed by atoms with van der Waals surface area (Å²) in [7, 11) is 0. The zero-order valence-corrected chi connectivity index (χ0v) is 17.2. The number of carbonyl (C=O) groups excluding carboxylic acids is 3. The molecule has 2 amide bonds. The summed E-state index contributed by atoms with van der Waals surface area (Å²) >= 11 is 0. The SMILES string of the molecule is CCOC(=O)N(NC(=O)c1ccc([N+](=O)[O-])cc1)C1=C(N2CCOCC2)C(=O)CCC1. The lowest BCUT2D eigenvalue weighted by Gasteiger charge is -2.36. The summed E-state index contributed by atoms with van der Waals surface area (Å²) in [5.41, 5.74) is 3.22. The summed E-state index contributed by atoms with van der Waals surface area (Å²) in [6, 6.07) is 4.98. The molecule has 11 nitrogen and oxygen atoms in total. The van der Waals surface area contributed by atoms with Crippen LogP contribution in [0.25, 0.3) is 0 Å². The van der Waals surface area contributed by atoms with Crippen molar-refractivity contribution in [2.24, 2.45) is 0 Å². The minimum Gasteiger partial charge on any atom is -0.448 e. The molecule has 0 bridgehead atoms. The summed E-state index contributed by atoms with van der Waals surface area (Å²) in [4.78, 5) is 50.4. The van der Waals surface area contributed by atoms with E-state index in [-0.39, 0.29) is 23.6 Å². The van der Waals surface area contributed by atoms with Crippen molar-refractivity contribution in [2.75, 3.05) is 32.9 Å². The van der Waals surface area contributed by atoms with Crippen LogP contribution in [-0.2, 0) is 14.3 Å². The first-order valence-electron chi connectivity index (χ1n) is 10.0. The molecule has 31 heavy (non-hydrogen) atoms. The first kappa shape index (κ1) is 22.2. The number of morpholine rings is 1. The molecule has 1 aromatic carbocycles. The van der Waals surface area contributed by atoms with Crippen LogP contribution in [0.3, 0.4) is 0 Å². The fraction of sp³-hybridized carbons (Fsp3) is 0.450. The summed E-state index contributed by atoms with van der Waals surface area (Å²) < 4.78 is 10.5. The van der Waals surface area contributed by atoms with Crippen molar-refractivity contribution in [3.8, 4) is 0 Å². The van der Waals surface area contributed by atoms with E-state index in [1.165, 1.54) is 24.3 Å². The number of rotatable bonds is 5. The highest BCUT2D eigenvalue weighted by Gasteiger charge is 2.33. The lowest BCUT2D eigenvalue weighted by atomic mass is 9.98. The number of nitrogens with one attached hydrogen (secondary N) is 1. The van der Waals surface area contributed by atoms with Crippen LogP contribution in [0, 0.1) is 10.1 Å². The minimum absolute atomic E-state index is 0.0802. The van der Waals surface area contributed by atoms with Crippen LogP contribution in [0.1, 0.15) is 36.5 Å². The van der Waals surface area contributed by atoms with Crippen molar-refractivity contribution in [1.82, 2.24) is 15.3 Å². The molecular formula is C20H24N4O7. The Labute approximate surface area is 178 Å². The zero-order chi connectivity index (χ0) is 22.4. The first-order chi connectivity index (χ1) is 14.9. The second-order valence-corrected chi connectivity index (χ2v) is 6.95. The standard InChI is InChI=1S/C20H24N4O7/c1-2-31-20(27)23(21-19(26)14-6-8-15(9-7-14)24(28)29)16-4-3-5-17(25)18(16)22-10-12-30-13-11-22/h6-9H,2-5,10-13H2,1H3,(H,21,26). The van der Waals surface area contributed by atoms with E-state index in [9.17, 15) is 24.5 Å². The fourth-order valence-corrected chi connectivity index (χ4v) is 3.49. The lowest BCUT2D eigenvalue weighted by Crippen LogP contribution is -2.49.